The second-order valence-electron chi connectivity index (χ2n) is 3.00. The van der Waals surface area contributed by atoms with Gasteiger partial charge in [0.1, 0.15) is 0 Å². The molecule has 0 saturated carbocycles. The third kappa shape index (κ3) is 1.68. The summed E-state index contributed by atoms with van der Waals surface area (Å²) in [6, 6.07) is 8.23. The van der Waals surface area contributed by atoms with Gasteiger partial charge in [-0.15, -0.1) is 0 Å². The van der Waals surface area contributed by atoms with Gasteiger partial charge in [-0.1, -0.05) is 30.3 Å². The first-order valence-corrected chi connectivity index (χ1v) is 4.38. The normalized spacial score (nSPS) is 10.0. The van der Waals surface area contributed by atoms with Crippen LogP contribution in [0.2, 0.25) is 0 Å². The highest BCUT2D eigenvalue weighted by atomic mass is 16.6. The maximum atomic E-state index is 11.8. The van der Waals surface area contributed by atoms with Gasteiger partial charge in [-0.05, 0) is 4.92 Å². The standard InChI is InChI=1S/C10H6N2O4/c13-9(7-4-2-1-3-5-7)8-6-16-11-10(8)12(14)15/h1-6H. The lowest BCUT2D eigenvalue weighted by atomic mass is 10.1. The average molecular weight is 218 g/mol. The van der Waals surface area contributed by atoms with E-state index >= 15 is 0 Å². The molecule has 0 N–H and O–H groups in total. The monoisotopic (exact) mass is 218 g/mol. The van der Waals surface area contributed by atoms with Crippen LogP contribution in [0.25, 0.3) is 0 Å². The molecule has 1 aromatic heterocycles. The van der Waals surface area contributed by atoms with Crippen molar-refractivity contribution in [3.05, 3.63) is 57.8 Å². The molecule has 0 radical (unpaired) electrons. The Morgan fingerprint density at radius 1 is 1.31 bits per heavy atom. The van der Waals surface area contributed by atoms with Crippen LogP contribution in [0.4, 0.5) is 5.82 Å². The Labute approximate surface area is 89.6 Å². The summed E-state index contributed by atoms with van der Waals surface area (Å²) in [5, 5.41) is 13.7. The number of hydrogen-bond acceptors (Lipinski definition) is 5. The topological polar surface area (TPSA) is 86.2 Å². The fourth-order valence-corrected chi connectivity index (χ4v) is 1.26. The minimum absolute atomic E-state index is 0.142. The number of rotatable bonds is 3. The molecule has 16 heavy (non-hydrogen) atoms. The molecular weight excluding hydrogens is 212 g/mol. The van der Waals surface area contributed by atoms with Crippen LogP contribution in [0, 0.1) is 10.1 Å². The SMILES string of the molecule is O=C(c1ccccc1)c1conc1[N+](=O)[O-]. The number of nitrogens with zero attached hydrogens (tertiary/aromatic N) is 2. The molecule has 0 fully saturated rings. The quantitative estimate of drug-likeness (QED) is 0.445. The highest BCUT2D eigenvalue weighted by Crippen LogP contribution is 2.19. The van der Waals surface area contributed by atoms with Gasteiger partial charge in [0.25, 0.3) is 0 Å². The lowest BCUT2D eigenvalue weighted by Gasteiger charge is -1.96. The molecule has 0 saturated heterocycles. The molecule has 0 amide bonds. The molecule has 0 aliphatic carbocycles. The maximum absolute atomic E-state index is 11.8. The van der Waals surface area contributed by atoms with Crippen molar-refractivity contribution in [1.82, 2.24) is 5.16 Å². The van der Waals surface area contributed by atoms with Crippen LogP contribution in [-0.4, -0.2) is 15.9 Å². The molecule has 6 heteroatoms. The van der Waals surface area contributed by atoms with Gasteiger partial charge >= 0.3 is 5.82 Å². The Hall–Kier alpha value is -2.50. The number of aromatic nitrogens is 1. The lowest BCUT2D eigenvalue weighted by Crippen LogP contribution is -2.03. The zero-order valence-electron chi connectivity index (χ0n) is 7.99. The van der Waals surface area contributed by atoms with E-state index in [9.17, 15) is 14.9 Å². The number of hydrogen-bond donors (Lipinski definition) is 0. The van der Waals surface area contributed by atoms with E-state index in [0.717, 1.165) is 6.26 Å². The van der Waals surface area contributed by atoms with Gasteiger partial charge in [0.2, 0.25) is 5.78 Å². The van der Waals surface area contributed by atoms with Crippen molar-refractivity contribution in [2.75, 3.05) is 0 Å². The third-order valence-electron chi connectivity index (χ3n) is 2.00. The molecule has 1 heterocycles. The van der Waals surface area contributed by atoms with E-state index in [4.69, 9.17) is 0 Å². The predicted molar refractivity (Wildman–Crippen MR) is 53.0 cm³/mol. The van der Waals surface area contributed by atoms with Crippen molar-refractivity contribution in [1.29, 1.82) is 0 Å². The van der Waals surface area contributed by atoms with Crippen LogP contribution in [-0.2, 0) is 0 Å². The van der Waals surface area contributed by atoms with Gasteiger partial charge in [-0.2, -0.15) is 0 Å². The van der Waals surface area contributed by atoms with Crippen molar-refractivity contribution in [3.63, 3.8) is 0 Å². The van der Waals surface area contributed by atoms with Crippen LogP contribution in [0.3, 0.4) is 0 Å². The van der Waals surface area contributed by atoms with E-state index in [1.807, 2.05) is 0 Å². The van der Waals surface area contributed by atoms with Crippen LogP contribution >= 0.6 is 0 Å². The molecule has 0 unspecified atom stereocenters. The number of ketones is 1. The molecule has 80 valence electrons. The molecule has 0 spiro atoms. The fourth-order valence-electron chi connectivity index (χ4n) is 1.26. The molecule has 0 aliphatic rings. The number of carbonyl (C=O) groups excluding carboxylic acids is 1. The summed E-state index contributed by atoms with van der Waals surface area (Å²) in [6.07, 6.45) is 0.980. The Morgan fingerprint density at radius 3 is 2.62 bits per heavy atom. The summed E-state index contributed by atoms with van der Waals surface area (Å²) in [5.41, 5.74) is 0.213. The molecule has 2 aromatic rings. The smallest absolute Gasteiger partial charge is 0.358 e. The molecule has 0 atom stereocenters. The molecule has 2 rings (SSSR count). The Morgan fingerprint density at radius 2 is 2.00 bits per heavy atom. The molecule has 6 nitrogen and oxygen atoms in total. The van der Waals surface area contributed by atoms with E-state index in [1.165, 1.54) is 0 Å². The molecule has 0 aliphatic heterocycles. The summed E-state index contributed by atoms with van der Waals surface area (Å²) in [5.74, 6) is -1.04. The van der Waals surface area contributed by atoms with Gasteiger partial charge in [0.15, 0.2) is 17.0 Å². The van der Waals surface area contributed by atoms with Crippen molar-refractivity contribution >= 4 is 11.6 Å². The summed E-state index contributed by atoms with van der Waals surface area (Å²) < 4.78 is 4.44. The minimum Gasteiger partial charge on any atom is -0.358 e. The van der Waals surface area contributed by atoms with Crippen molar-refractivity contribution < 1.29 is 14.2 Å². The van der Waals surface area contributed by atoms with Crippen molar-refractivity contribution in [2.24, 2.45) is 0 Å². The highest BCUT2D eigenvalue weighted by molar-refractivity contribution is 6.10. The van der Waals surface area contributed by atoms with Crippen LogP contribution in [0.1, 0.15) is 15.9 Å². The van der Waals surface area contributed by atoms with Gasteiger partial charge < -0.3 is 10.1 Å². The largest absolute Gasteiger partial charge is 0.424 e. The van der Waals surface area contributed by atoms with Crippen LogP contribution in [0.5, 0.6) is 0 Å². The van der Waals surface area contributed by atoms with E-state index in [2.05, 4.69) is 9.68 Å². The van der Waals surface area contributed by atoms with E-state index in [-0.39, 0.29) is 5.56 Å². The zero-order valence-corrected chi connectivity index (χ0v) is 7.99. The van der Waals surface area contributed by atoms with Crippen molar-refractivity contribution in [3.8, 4) is 0 Å². The second-order valence-corrected chi connectivity index (χ2v) is 3.00. The Bertz CT molecular complexity index is 533. The van der Waals surface area contributed by atoms with E-state index < -0.39 is 16.5 Å². The van der Waals surface area contributed by atoms with E-state index in [1.54, 1.807) is 30.3 Å². The number of carbonyl (C=O) groups is 1. The van der Waals surface area contributed by atoms with Gasteiger partial charge in [0, 0.05) is 5.56 Å². The first-order chi connectivity index (χ1) is 7.70. The summed E-state index contributed by atoms with van der Waals surface area (Å²) in [4.78, 5) is 21.6. The highest BCUT2D eigenvalue weighted by Gasteiger charge is 2.26. The zero-order chi connectivity index (χ0) is 11.5. The van der Waals surface area contributed by atoms with Gasteiger partial charge in [0.05, 0.1) is 0 Å². The predicted octanol–water partition coefficient (Wildman–Crippen LogP) is 1.81. The molecule has 0 bridgehead atoms. The van der Waals surface area contributed by atoms with Crippen LogP contribution < -0.4 is 0 Å². The minimum atomic E-state index is -0.750. The first kappa shape index (κ1) is 10.0. The first-order valence-electron chi connectivity index (χ1n) is 4.38. The fraction of sp³-hybridized carbons (Fsp3) is 0. The molecular formula is C10H6N2O4. The number of nitro groups is 1. The van der Waals surface area contributed by atoms with Gasteiger partial charge in [-0.25, -0.2) is 0 Å². The lowest BCUT2D eigenvalue weighted by molar-refractivity contribution is -0.391. The summed E-state index contributed by atoms with van der Waals surface area (Å²) >= 11 is 0. The van der Waals surface area contributed by atoms with Crippen molar-refractivity contribution in [2.45, 2.75) is 0 Å². The van der Waals surface area contributed by atoms with E-state index in [0.29, 0.717) is 5.56 Å². The average Bonchev–Trinajstić information content (AvgIpc) is 2.78. The Kier molecular flexibility index (Phi) is 2.47. The maximum Gasteiger partial charge on any atom is 0.424 e. The second kappa shape index (κ2) is 3.93. The third-order valence-corrected chi connectivity index (χ3v) is 2.00. The summed E-state index contributed by atoms with van der Waals surface area (Å²) in [7, 11) is 0. The number of benzene rings is 1. The molecule has 1 aromatic carbocycles. The van der Waals surface area contributed by atoms with Crippen LogP contribution in [0.15, 0.2) is 41.1 Å². The summed E-state index contributed by atoms with van der Waals surface area (Å²) in [6.45, 7) is 0. The van der Waals surface area contributed by atoms with Gasteiger partial charge in [-0.3, -0.25) is 9.32 Å². The Balaban J connectivity index is 2.42.